The Balaban J connectivity index is 2.01. The van der Waals surface area contributed by atoms with Crippen LogP contribution in [0.25, 0.3) is 10.2 Å². The summed E-state index contributed by atoms with van der Waals surface area (Å²) in [5.74, 6) is -0.174. The Hall–Kier alpha value is -0.880. The average Bonchev–Trinajstić information content (AvgIpc) is 3.04. The van der Waals surface area contributed by atoms with Crippen molar-refractivity contribution >= 4 is 50.7 Å². The van der Waals surface area contributed by atoms with Crippen molar-refractivity contribution in [1.29, 1.82) is 0 Å². The van der Waals surface area contributed by atoms with Gasteiger partial charge in [0.1, 0.15) is 9.71 Å². The number of hydrogen-bond acceptors (Lipinski definition) is 4. The van der Waals surface area contributed by atoms with Gasteiger partial charge in [0.15, 0.2) is 0 Å². The number of fused-ring (bicyclic) bond motifs is 1. The van der Waals surface area contributed by atoms with Gasteiger partial charge < -0.3 is 10.1 Å². The highest BCUT2D eigenvalue weighted by Gasteiger charge is 2.24. The highest BCUT2D eigenvalue weighted by molar-refractivity contribution is 7.21. The van der Waals surface area contributed by atoms with E-state index in [0.717, 1.165) is 27.9 Å². The van der Waals surface area contributed by atoms with Crippen molar-refractivity contribution in [2.75, 3.05) is 13.2 Å². The van der Waals surface area contributed by atoms with Crippen LogP contribution in [-0.4, -0.2) is 30.1 Å². The van der Waals surface area contributed by atoms with Gasteiger partial charge in [0.05, 0.1) is 28.4 Å². The standard InChI is InChI=1S/C14H14Cl2N2O2S/c1-6-9-11(16)12(13(19)18-8-3-4-20-5-8)21-14(9)17-7(2)10(6)15/h8H,3-5H2,1-2H3,(H,18,19). The first-order valence-electron chi connectivity index (χ1n) is 6.62. The van der Waals surface area contributed by atoms with E-state index in [0.29, 0.717) is 28.1 Å². The van der Waals surface area contributed by atoms with E-state index in [9.17, 15) is 4.79 Å². The summed E-state index contributed by atoms with van der Waals surface area (Å²) in [6.45, 7) is 4.97. The minimum atomic E-state index is -0.174. The summed E-state index contributed by atoms with van der Waals surface area (Å²) in [4.78, 5) is 18.0. The SMILES string of the molecule is Cc1nc2sc(C(=O)NC3CCOC3)c(Cl)c2c(C)c1Cl. The molecule has 1 saturated heterocycles. The van der Waals surface area contributed by atoms with Crippen molar-refractivity contribution in [3.05, 3.63) is 26.2 Å². The van der Waals surface area contributed by atoms with Gasteiger partial charge in [0.2, 0.25) is 0 Å². The number of amides is 1. The molecule has 1 atom stereocenters. The first kappa shape index (κ1) is 15.0. The van der Waals surface area contributed by atoms with Crippen LogP contribution >= 0.6 is 34.5 Å². The van der Waals surface area contributed by atoms with Crippen LogP contribution in [-0.2, 0) is 4.74 Å². The molecule has 21 heavy (non-hydrogen) atoms. The number of halogens is 2. The number of ether oxygens (including phenoxy) is 1. The topological polar surface area (TPSA) is 51.2 Å². The number of carbonyl (C=O) groups excluding carboxylic acids is 1. The molecule has 0 aliphatic carbocycles. The predicted octanol–water partition coefficient (Wildman–Crippen LogP) is 3.74. The number of nitrogens with zero attached hydrogens (tertiary/aromatic N) is 1. The second kappa shape index (κ2) is 5.72. The molecule has 3 rings (SSSR count). The molecule has 3 heterocycles. The third-order valence-corrected chi connectivity index (χ3v) is 5.72. The molecular weight excluding hydrogens is 331 g/mol. The maximum absolute atomic E-state index is 12.4. The summed E-state index contributed by atoms with van der Waals surface area (Å²) < 4.78 is 5.26. The van der Waals surface area contributed by atoms with Gasteiger partial charge in [-0.3, -0.25) is 4.79 Å². The summed E-state index contributed by atoms with van der Waals surface area (Å²) in [6, 6.07) is 0.0539. The lowest BCUT2D eigenvalue weighted by Gasteiger charge is -2.09. The third-order valence-electron chi connectivity index (χ3n) is 3.59. The van der Waals surface area contributed by atoms with Crippen LogP contribution in [0.1, 0.15) is 27.3 Å². The van der Waals surface area contributed by atoms with Gasteiger partial charge in [-0.15, -0.1) is 11.3 Å². The van der Waals surface area contributed by atoms with Crippen molar-refractivity contribution in [2.24, 2.45) is 0 Å². The van der Waals surface area contributed by atoms with E-state index in [2.05, 4.69) is 10.3 Å². The number of aromatic nitrogens is 1. The zero-order chi connectivity index (χ0) is 15.1. The van der Waals surface area contributed by atoms with Crippen LogP contribution in [0.4, 0.5) is 0 Å². The lowest BCUT2D eigenvalue weighted by atomic mass is 10.1. The number of pyridine rings is 1. The molecule has 7 heteroatoms. The zero-order valence-electron chi connectivity index (χ0n) is 11.6. The van der Waals surface area contributed by atoms with Gasteiger partial charge in [-0.1, -0.05) is 23.2 Å². The van der Waals surface area contributed by atoms with Crippen LogP contribution in [0.3, 0.4) is 0 Å². The van der Waals surface area contributed by atoms with Gasteiger partial charge >= 0.3 is 0 Å². The lowest BCUT2D eigenvalue weighted by Crippen LogP contribution is -2.34. The van der Waals surface area contributed by atoms with E-state index >= 15 is 0 Å². The summed E-state index contributed by atoms with van der Waals surface area (Å²) in [6.07, 6.45) is 0.830. The molecular formula is C14H14Cl2N2O2S. The third kappa shape index (κ3) is 2.63. The fourth-order valence-corrected chi connectivity index (χ4v) is 4.13. The first-order chi connectivity index (χ1) is 9.99. The van der Waals surface area contributed by atoms with Crippen molar-refractivity contribution in [2.45, 2.75) is 26.3 Å². The van der Waals surface area contributed by atoms with Crippen LogP contribution in [0.2, 0.25) is 10.0 Å². The molecule has 1 fully saturated rings. The molecule has 0 saturated carbocycles. The highest BCUT2D eigenvalue weighted by atomic mass is 35.5. The molecule has 0 spiro atoms. The van der Waals surface area contributed by atoms with Crippen molar-refractivity contribution in [3.8, 4) is 0 Å². The number of carbonyl (C=O) groups is 1. The fourth-order valence-electron chi connectivity index (χ4n) is 2.43. The number of aryl methyl sites for hydroxylation is 2. The number of thiophene rings is 1. The normalized spacial score (nSPS) is 18.4. The Morgan fingerprint density at radius 1 is 1.38 bits per heavy atom. The molecule has 112 valence electrons. The van der Waals surface area contributed by atoms with E-state index < -0.39 is 0 Å². The lowest BCUT2D eigenvalue weighted by molar-refractivity contribution is 0.0934. The van der Waals surface area contributed by atoms with Crippen molar-refractivity contribution in [3.63, 3.8) is 0 Å². The first-order valence-corrected chi connectivity index (χ1v) is 8.19. The van der Waals surface area contributed by atoms with Crippen molar-refractivity contribution < 1.29 is 9.53 Å². The number of nitrogens with one attached hydrogen (secondary N) is 1. The monoisotopic (exact) mass is 344 g/mol. The maximum Gasteiger partial charge on any atom is 0.263 e. The fraction of sp³-hybridized carbons (Fsp3) is 0.429. The molecule has 2 aromatic heterocycles. The molecule has 2 aromatic rings. The Morgan fingerprint density at radius 3 is 2.81 bits per heavy atom. The second-order valence-corrected chi connectivity index (χ2v) is 6.85. The van der Waals surface area contributed by atoms with Gasteiger partial charge in [0, 0.05) is 12.0 Å². The van der Waals surface area contributed by atoms with Gasteiger partial charge in [-0.25, -0.2) is 4.98 Å². The zero-order valence-corrected chi connectivity index (χ0v) is 14.0. The molecule has 1 unspecified atom stereocenters. The molecule has 1 N–H and O–H groups in total. The van der Waals surface area contributed by atoms with Crippen molar-refractivity contribution in [1.82, 2.24) is 10.3 Å². The molecule has 0 radical (unpaired) electrons. The Kier molecular flexibility index (Phi) is 4.10. The Bertz CT molecular complexity index is 724. The largest absolute Gasteiger partial charge is 0.379 e. The highest BCUT2D eigenvalue weighted by Crippen LogP contribution is 2.39. The van der Waals surface area contributed by atoms with Crippen LogP contribution in [0.15, 0.2) is 0 Å². The van der Waals surface area contributed by atoms with E-state index in [1.165, 1.54) is 11.3 Å². The molecule has 1 aliphatic rings. The average molecular weight is 345 g/mol. The van der Waals surface area contributed by atoms with Gasteiger partial charge in [0.25, 0.3) is 5.91 Å². The second-order valence-electron chi connectivity index (χ2n) is 5.10. The number of rotatable bonds is 2. The molecule has 0 bridgehead atoms. The number of hydrogen-bond donors (Lipinski definition) is 1. The molecule has 1 amide bonds. The molecule has 1 aliphatic heterocycles. The van der Waals surface area contributed by atoms with Crippen LogP contribution in [0, 0.1) is 13.8 Å². The minimum absolute atomic E-state index is 0.0539. The maximum atomic E-state index is 12.4. The van der Waals surface area contributed by atoms with Gasteiger partial charge in [-0.05, 0) is 25.8 Å². The van der Waals surface area contributed by atoms with E-state index in [-0.39, 0.29) is 11.9 Å². The Labute approximate surface area is 136 Å². The van der Waals surface area contributed by atoms with Crippen LogP contribution in [0.5, 0.6) is 0 Å². The van der Waals surface area contributed by atoms with E-state index in [4.69, 9.17) is 27.9 Å². The Morgan fingerprint density at radius 2 is 2.14 bits per heavy atom. The summed E-state index contributed by atoms with van der Waals surface area (Å²) in [5, 5.41) is 4.74. The smallest absolute Gasteiger partial charge is 0.263 e. The molecule has 0 aromatic carbocycles. The minimum Gasteiger partial charge on any atom is -0.379 e. The summed E-state index contributed by atoms with van der Waals surface area (Å²) in [7, 11) is 0. The van der Waals surface area contributed by atoms with Gasteiger partial charge in [-0.2, -0.15) is 0 Å². The summed E-state index contributed by atoms with van der Waals surface area (Å²) in [5.41, 5.74) is 1.61. The van der Waals surface area contributed by atoms with Crippen LogP contribution < -0.4 is 5.32 Å². The summed E-state index contributed by atoms with van der Waals surface area (Å²) >= 11 is 13.9. The molecule has 4 nitrogen and oxygen atoms in total. The predicted molar refractivity (Wildman–Crippen MR) is 85.8 cm³/mol. The van der Waals surface area contributed by atoms with E-state index in [1.807, 2.05) is 13.8 Å². The quantitative estimate of drug-likeness (QED) is 0.902. The van der Waals surface area contributed by atoms with E-state index in [1.54, 1.807) is 0 Å².